The lowest BCUT2D eigenvalue weighted by molar-refractivity contribution is -0.224. The molecule has 14 aliphatic rings. The Hall–Kier alpha value is -2.28. The first-order valence-corrected chi connectivity index (χ1v) is 33.1. The van der Waals surface area contributed by atoms with Crippen molar-refractivity contribution >= 4 is 23.9 Å². The molecule has 0 aromatic rings. The van der Waals surface area contributed by atoms with Crippen molar-refractivity contribution in [2.75, 3.05) is 20.4 Å². The van der Waals surface area contributed by atoms with E-state index >= 15 is 0 Å². The first kappa shape index (κ1) is 72.5. The fraction of sp³-hybridized carbons (Fsp3) is 0.944. The van der Waals surface area contributed by atoms with E-state index in [9.17, 15) is 19.2 Å². The minimum atomic E-state index is -0.415. The summed E-state index contributed by atoms with van der Waals surface area (Å²) in [5.41, 5.74) is -1.60. The quantitative estimate of drug-likeness (QED) is 0.0496. The maximum absolute atomic E-state index is 12.2. The summed E-state index contributed by atoms with van der Waals surface area (Å²) < 4.78 is 45.4. The molecule has 0 heterocycles. The van der Waals surface area contributed by atoms with E-state index in [0.717, 1.165) is 109 Å². The molecule has 12 nitrogen and oxygen atoms in total. The molecule has 11 atom stereocenters. The number of esters is 4. The van der Waals surface area contributed by atoms with Crippen LogP contribution in [-0.2, 0) is 57.1 Å². The largest absolute Gasteiger partial charge is 0.438 e. The van der Waals surface area contributed by atoms with Crippen LogP contribution in [0.3, 0.4) is 0 Å². The molecule has 0 amide bonds. The van der Waals surface area contributed by atoms with E-state index in [1.807, 2.05) is 90.0 Å². The SMILES string of the molecule is C.C.C.C.CCC(C)(C)C(=O)OC(C)OC1C2CC3CC(C2)CC1C3.CCC(C)(C)C(=O)OCOC1C2CC3CC(C2)CC1C3.CCC(C)(C)C(=O)OCOC1CC2CC1C1C3CCC(C3)C21.CCC(C)(C)C(=O)OCOC1CC2CCC1C2. The Morgan fingerprint density at radius 3 is 1.17 bits per heavy atom. The second-order valence-corrected chi connectivity index (χ2v) is 31.1. The maximum atomic E-state index is 12.2. The van der Waals surface area contributed by atoms with Gasteiger partial charge in [-0.05, 0) is 305 Å². The minimum absolute atomic E-state index is 0. The first-order chi connectivity index (χ1) is 37.9. The molecule has 14 rings (SSSR count). The molecule has 14 bridgehead atoms. The summed E-state index contributed by atoms with van der Waals surface area (Å²) in [5.74, 6) is 13.3. The number of rotatable bonds is 20. The second-order valence-electron chi connectivity index (χ2n) is 31.1. The third-order valence-corrected chi connectivity index (χ3v) is 24.4. The molecule has 84 heavy (non-hydrogen) atoms. The van der Waals surface area contributed by atoms with Crippen LogP contribution in [0, 0.1) is 116 Å². The van der Waals surface area contributed by atoms with E-state index in [1.165, 1.54) is 122 Å². The molecule has 14 aliphatic carbocycles. The van der Waals surface area contributed by atoms with Gasteiger partial charge in [0, 0.05) is 0 Å². The van der Waals surface area contributed by atoms with Crippen molar-refractivity contribution in [1.82, 2.24) is 0 Å². The van der Waals surface area contributed by atoms with E-state index < -0.39 is 27.9 Å². The van der Waals surface area contributed by atoms with Gasteiger partial charge in [-0.15, -0.1) is 0 Å². The van der Waals surface area contributed by atoms with Crippen molar-refractivity contribution in [2.45, 2.75) is 298 Å². The molecule has 0 radical (unpaired) electrons. The highest BCUT2D eigenvalue weighted by Crippen LogP contribution is 2.68. The third kappa shape index (κ3) is 16.4. The summed E-state index contributed by atoms with van der Waals surface area (Å²) >= 11 is 0. The van der Waals surface area contributed by atoms with Crippen LogP contribution in [0.2, 0.25) is 0 Å². The Morgan fingerprint density at radius 2 is 0.750 bits per heavy atom. The molecule has 14 fully saturated rings. The van der Waals surface area contributed by atoms with Crippen LogP contribution in [0.5, 0.6) is 0 Å². The van der Waals surface area contributed by atoms with Gasteiger partial charge >= 0.3 is 23.9 Å². The monoisotopic (exact) mass is 1180 g/mol. The van der Waals surface area contributed by atoms with Crippen molar-refractivity contribution < 1.29 is 57.1 Å². The van der Waals surface area contributed by atoms with Gasteiger partial charge in [-0.2, -0.15) is 0 Å². The number of hydrogen-bond acceptors (Lipinski definition) is 12. The topological polar surface area (TPSA) is 142 Å². The number of carbonyl (C=O) groups is 4. The van der Waals surface area contributed by atoms with Gasteiger partial charge in [0.25, 0.3) is 0 Å². The average molecular weight is 1190 g/mol. The Balaban J connectivity index is 0.000000203. The first-order valence-electron chi connectivity index (χ1n) is 33.1. The van der Waals surface area contributed by atoms with Crippen molar-refractivity contribution in [3.63, 3.8) is 0 Å². The van der Waals surface area contributed by atoms with Crippen LogP contribution in [-0.4, -0.2) is 75.0 Å². The summed E-state index contributed by atoms with van der Waals surface area (Å²) in [4.78, 5) is 47.8. The fourth-order valence-electron chi connectivity index (χ4n) is 18.6. The van der Waals surface area contributed by atoms with Crippen molar-refractivity contribution in [1.29, 1.82) is 0 Å². The minimum Gasteiger partial charge on any atom is -0.438 e. The molecule has 0 aromatic heterocycles. The van der Waals surface area contributed by atoms with Crippen LogP contribution in [0.25, 0.3) is 0 Å². The van der Waals surface area contributed by atoms with Crippen molar-refractivity contribution in [3.8, 4) is 0 Å². The van der Waals surface area contributed by atoms with E-state index in [4.69, 9.17) is 37.9 Å². The van der Waals surface area contributed by atoms with Crippen LogP contribution >= 0.6 is 0 Å². The van der Waals surface area contributed by atoms with Gasteiger partial charge in [-0.3, -0.25) is 19.2 Å². The predicted molar refractivity (Wildman–Crippen MR) is 335 cm³/mol. The molecule has 488 valence electrons. The summed E-state index contributed by atoms with van der Waals surface area (Å²) in [5, 5.41) is 0. The summed E-state index contributed by atoms with van der Waals surface area (Å²) in [6, 6.07) is 0. The average Bonchev–Trinajstić information content (AvgIpc) is 1.60. The number of ether oxygens (including phenoxy) is 8. The standard InChI is InChI=1S/C19H30O3.C18H30O3.C17H28O3.C14H24O3.4CH4/c1-4-19(2,3)18(20)22-10-21-15-9-13-8-14(15)17-12-6-5-11(7-12)16(13)17;1-5-18(3,4)17(19)21-11(2)20-16-14-7-12-6-13(9-14)10-15(16)8-12;1-4-17(2,3)16(18)20-10-19-15-13-6-11-5-12(8-13)9-14(15)7-11;1-4-14(2,3)13(15)17-9-16-12-8-10-5-6-11(12)7-10;;;;/h11-17H,4-10H2,1-3H3;11-16H,5-10H2,1-4H3;11-15H,4-10H2,1-3H3;10-12H,4-9H2,1-3H3;4*1H4. The molecule has 11 unspecified atom stereocenters. The fourth-order valence-corrected chi connectivity index (χ4v) is 18.6. The Kier molecular flexibility index (Phi) is 25.9. The molecule has 0 saturated heterocycles. The molecule has 0 aliphatic heterocycles. The third-order valence-electron chi connectivity index (χ3n) is 24.4. The predicted octanol–water partition coefficient (Wildman–Crippen LogP) is 17.6. The van der Waals surface area contributed by atoms with Gasteiger partial charge in [0.05, 0.1) is 46.1 Å². The van der Waals surface area contributed by atoms with Crippen LogP contribution < -0.4 is 0 Å². The highest BCUT2D eigenvalue weighted by atomic mass is 16.7. The molecule has 14 saturated carbocycles. The molecule has 12 heteroatoms. The lowest BCUT2D eigenvalue weighted by atomic mass is 9.55. The zero-order valence-corrected chi connectivity index (χ0v) is 52.4. The van der Waals surface area contributed by atoms with Gasteiger partial charge in [0.2, 0.25) is 0 Å². The lowest BCUT2D eigenvalue weighted by Crippen LogP contribution is -2.50. The van der Waals surface area contributed by atoms with E-state index in [0.29, 0.717) is 36.3 Å². The van der Waals surface area contributed by atoms with Crippen LogP contribution in [0.15, 0.2) is 0 Å². The highest BCUT2D eigenvalue weighted by Gasteiger charge is 2.63. The summed E-state index contributed by atoms with van der Waals surface area (Å²) in [6.07, 6.45) is 29.9. The number of carbonyl (C=O) groups excluding carboxylic acids is 4. The van der Waals surface area contributed by atoms with Gasteiger partial charge in [0.15, 0.2) is 26.7 Å². The van der Waals surface area contributed by atoms with Gasteiger partial charge in [-0.25, -0.2) is 0 Å². The second kappa shape index (κ2) is 30.0. The number of hydrogen-bond donors (Lipinski definition) is 0. The molecule has 0 aromatic carbocycles. The Morgan fingerprint density at radius 1 is 0.369 bits per heavy atom. The smallest absolute Gasteiger partial charge is 0.313 e. The van der Waals surface area contributed by atoms with Crippen LogP contribution in [0.1, 0.15) is 267 Å². The summed E-state index contributed by atoms with van der Waals surface area (Å²) in [7, 11) is 0. The van der Waals surface area contributed by atoms with E-state index in [-0.39, 0.29) is 74.0 Å². The van der Waals surface area contributed by atoms with Crippen LogP contribution in [0.4, 0.5) is 0 Å². The Bertz CT molecular complexity index is 2040. The van der Waals surface area contributed by atoms with E-state index in [2.05, 4.69) is 0 Å². The molecule has 0 N–H and O–H groups in total. The van der Waals surface area contributed by atoms with Gasteiger partial charge in [0.1, 0.15) is 0 Å². The van der Waals surface area contributed by atoms with Crippen molar-refractivity contribution in [2.24, 2.45) is 116 Å². The zero-order valence-electron chi connectivity index (χ0n) is 52.4. The van der Waals surface area contributed by atoms with Gasteiger partial charge in [-0.1, -0.05) is 57.4 Å². The zero-order chi connectivity index (χ0) is 57.5. The van der Waals surface area contributed by atoms with Crippen molar-refractivity contribution in [3.05, 3.63) is 0 Å². The van der Waals surface area contributed by atoms with E-state index in [1.54, 1.807) is 0 Å². The highest BCUT2D eigenvalue weighted by molar-refractivity contribution is 5.77. The molecular formula is C72H128O12. The van der Waals surface area contributed by atoms with Gasteiger partial charge < -0.3 is 37.9 Å². The number of fused-ring (bicyclic) bond motifs is 11. The summed E-state index contributed by atoms with van der Waals surface area (Å²) in [6.45, 7) is 25.8. The lowest BCUT2D eigenvalue weighted by Gasteiger charge is -2.54. The normalized spacial score (nSPS) is 37.4. The maximum Gasteiger partial charge on any atom is 0.313 e. The molecule has 0 spiro atoms. The molecular weight excluding hydrogens is 1060 g/mol. The Labute approximate surface area is 513 Å².